The van der Waals surface area contributed by atoms with Crippen molar-refractivity contribution in [2.45, 2.75) is 13.3 Å². The summed E-state index contributed by atoms with van der Waals surface area (Å²) in [6, 6.07) is 8.69. The molecule has 1 aliphatic rings. The Labute approximate surface area is 139 Å². The van der Waals surface area contributed by atoms with Crippen LogP contribution in [0.4, 0.5) is 11.4 Å². The molecule has 0 saturated carbocycles. The van der Waals surface area contributed by atoms with Crippen molar-refractivity contribution >= 4 is 33.6 Å². The second-order valence-corrected chi connectivity index (χ2v) is 6.95. The van der Waals surface area contributed by atoms with Gasteiger partial charge in [0, 0.05) is 18.3 Å². The third kappa shape index (κ3) is 3.50. The summed E-state index contributed by atoms with van der Waals surface area (Å²) >= 11 is 0. The molecule has 0 spiro atoms. The van der Waals surface area contributed by atoms with E-state index in [2.05, 4.69) is 5.32 Å². The Kier molecular flexibility index (Phi) is 4.16. The van der Waals surface area contributed by atoms with Crippen molar-refractivity contribution < 1.29 is 17.6 Å². The van der Waals surface area contributed by atoms with E-state index >= 15 is 0 Å². The lowest BCUT2D eigenvalue weighted by Gasteiger charge is -2.16. The summed E-state index contributed by atoms with van der Waals surface area (Å²) in [5.74, 6) is 0.998. The van der Waals surface area contributed by atoms with Crippen molar-refractivity contribution in [3.8, 4) is 0 Å². The molecule has 126 valence electrons. The summed E-state index contributed by atoms with van der Waals surface area (Å²) in [5.41, 5.74) is 1.87. The van der Waals surface area contributed by atoms with Gasteiger partial charge in [-0.2, -0.15) is 8.42 Å². The van der Waals surface area contributed by atoms with Crippen LogP contribution in [0.25, 0.3) is 6.08 Å². The number of benzene rings is 1. The molecule has 3 N–H and O–H groups in total. The molecule has 1 aliphatic heterocycles. The SMILES string of the molecule is Cc1ccc(C=CC(=O)Nc2ccc3c(c2)N(S(N)(=O)=O)CC3)o1. The number of furan rings is 1. The number of amides is 1. The van der Waals surface area contributed by atoms with Crippen molar-refractivity contribution in [3.63, 3.8) is 0 Å². The lowest BCUT2D eigenvalue weighted by atomic mass is 10.1. The fourth-order valence-corrected chi connectivity index (χ4v) is 3.37. The minimum Gasteiger partial charge on any atom is -0.462 e. The van der Waals surface area contributed by atoms with Gasteiger partial charge in [0.25, 0.3) is 10.2 Å². The summed E-state index contributed by atoms with van der Waals surface area (Å²) in [7, 11) is -3.81. The van der Waals surface area contributed by atoms with Crippen LogP contribution in [0.5, 0.6) is 0 Å². The van der Waals surface area contributed by atoms with Crippen LogP contribution in [-0.2, 0) is 21.4 Å². The molecule has 1 aromatic carbocycles. The summed E-state index contributed by atoms with van der Waals surface area (Å²) in [4.78, 5) is 12.0. The molecular formula is C16H17N3O4S. The molecule has 1 amide bonds. The van der Waals surface area contributed by atoms with Crippen molar-refractivity contribution in [1.29, 1.82) is 0 Å². The summed E-state index contributed by atoms with van der Waals surface area (Å²) < 4.78 is 29.7. The molecule has 0 atom stereocenters. The van der Waals surface area contributed by atoms with Gasteiger partial charge in [0.2, 0.25) is 5.91 Å². The number of hydrogen-bond acceptors (Lipinski definition) is 4. The van der Waals surface area contributed by atoms with E-state index in [0.29, 0.717) is 30.1 Å². The first kappa shape index (κ1) is 16.3. The molecule has 0 bridgehead atoms. The van der Waals surface area contributed by atoms with Gasteiger partial charge in [-0.3, -0.25) is 9.10 Å². The van der Waals surface area contributed by atoms with Crippen LogP contribution in [0, 0.1) is 6.92 Å². The van der Waals surface area contributed by atoms with Crippen LogP contribution in [0.1, 0.15) is 17.1 Å². The third-order valence-corrected chi connectivity index (χ3v) is 4.67. The summed E-state index contributed by atoms with van der Waals surface area (Å²) in [5, 5.41) is 7.90. The molecule has 0 unspecified atom stereocenters. The second-order valence-electron chi connectivity index (χ2n) is 5.48. The van der Waals surface area contributed by atoms with Gasteiger partial charge in [0.05, 0.1) is 5.69 Å². The molecule has 0 aliphatic carbocycles. The number of nitrogens with two attached hydrogens (primary N) is 1. The van der Waals surface area contributed by atoms with Crippen molar-refractivity contribution in [3.05, 3.63) is 53.5 Å². The van der Waals surface area contributed by atoms with Crippen molar-refractivity contribution in [1.82, 2.24) is 0 Å². The summed E-state index contributed by atoms with van der Waals surface area (Å²) in [6.07, 6.45) is 3.51. The van der Waals surface area contributed by atoms with Gasteiger partial charge < -0.3 is 9.73 Å². The number of nitrogens with one attached hydrogen (secondary N) is 1. The molecule has 1 aromatic heterocycles. The van der Waals surface area contributed by atoms with Gasteiger partial charge in [0.15, 0.2) is 0 Å². The zero-order chi connectivity index (χ0) is 17.3. The maximum atomic E-state index is 12.0. The van der Waals surface area contributed by atoms with Gasteiger partial charge in [0.1, 0.15) is 11.5 Å². The van der Waals surface area contributed by atoms with Crippen molar-refractivity contribution in [2.75, 3.05) is 16.2 Å². The maximum absolute atomic E-state index is 12.0. The number of rotatable bonds is 4. The van der Waals surface area contributed by atoms with Gasteiger partial charge in [-0.15, -0.1) is 0 Å². The number of carbonyl (C=O) groups excluding carboxylic acids is 1. The van der Waals surface area contributed by atoms with E-state index in [1.807, 2.05) is 6.92 Å². The van der Waals surface area contributed by atoms with Gasteiger partial charge >= 0.3 is 0 Å². The molecule has 0 fully saturated rings. The highest BCUT2D eigenvalue weighted by Gasteiger charge is 2.26. The average Bonchev–Trinajstić information content (AvgIpc) is 3.10. The highest BCUT2D eigenvalue weighted by Crippen LogP contribution is 2.32. The normalized spacial score (nSPS) is 14.2. The van der Waals surface area contributed by atoms with Crippen LogP contribution in [0.3, 0.4) is 0 Å². The van der Waals surface area contributed by atoms with E-state index in [-0.39, 0.29) is 5.91 Å². The summed E-state index contributed by atoms with van der Waals surface area (Å²) in [6.45, 7) is 2.13. The van der Waals surface area contributed by atoms with Gasteiger partial charge in [-0.25, -0.2) is 5.14 Å². The molecule has 0 saturated heterocycles. The van der Waals surface area contributed by atoms with E-state index in [1.165, 1.54) is 6.08 Å². The van der Waals surface area contributed by atoms with Crippen LogP contribution >= 0.6 is 0 Å². The Morgan fingerprint density at radius 1 is 1.33 bits per heavy atom. The van der Waals surface area contributed by atoms with E-state index in [0.717, 1.165) is 15.6 Å². The number of aryl methyl sites for hydroxylation is 1. The Morgan fingerprint density at radius 3 is 2.79 bits per heavy atom. The molecule has 8 heteroatoms. The molecule has 3 rings (SSSR count). The number of anilines is 2. The van der Waals surface area contributed by atoms with E-state index < -0.39 is 10.2 Å². The molecule has 7 nitrogen and oxygen atoms in total. The lowest BCUT2D eigenvalue weighted by Crippen LogP contribution is -2.35. The predicted octanol–water partition coefficient (Wildman–Crippen LogP) is 1.81. The Hall–Kier alpha value is -2.58. The first-order chi connectivity index (χ1) is 11.3. The van der Waals surface area contributed by atoms with Crippen LogP contribution in [0.2, 0.25) is 0 Å². The quantitative estimate of drug-likeness (QED) is 0.823. The minimum atomic E-state index is -3.81. The van der Waals surface area contributed by atoms with Crippen molar-refractivity contribution in [2.24, 2.45) is 5.14 Å². The molecular weight excluding hydrogens is 330 g/mol. The first-order valence-corrected chi connectivity index (χ1v) is 8.82. The largest absolute Gasteiger partial charge is 0.462 e. The van der Waals surface area contributed by atoms with E-state index in [1.54, 1.807) is 36.4 Å². The molecule has 0 radical (unpaired) electrons. The van der Waals surface area contributed by atoms with Gasteiger partial charge in [-0.05, 0) is 49.2 Å². The fourth-order valence-electron chi connectivity index (χ4n) is 2.58. The highest BCUT2D eigenvalue weighted by atomic mass is 32.2. The highest BCUT2D eigenvalue weighted by molar-refractivity contribution is 7.90. The zero-order valence-corrected chi connectivity index (χ0v) is 13.8. The minimum absolute atomic E-state index is 0.309. The predicted molar refractivity (Wildman–Crippen MR) is 91.7 cm³/mol. The first-order valence-electron chi connectivity index (χ1n) is 7.32. The smallest absolute Gasteiger partial charge is 0.299 e. The van der Waals surface area contributed by atoms with Crippen LogP contribution in [-0.4, -0.2) is 20.9 Å². The number of carbonyl (C=O) groups is 1. The van der Waals surface area contributed by atoms with E-state index in [4.69, 9.17) is 9.56 Å². The standard InChI is InChI=1S/C16H17N3O4S/c1-11-2-5-14(23-11)6-7-16(20)18-13-4-3-12-8-9-19(15(12)10-13)24(17,21)22/h2-7,10H,8-9H2,1H3,(H,18,20)(H2,17,21,22). The Morgan fingerprint density at radius 2 is 2.12 bits per heavy atom. The average molecular weight is 347 g/mol. The third-order valence-electron chi connectivity index (χ3n) is 3.67. The fraction of sp³-hybridized carbons (Fsp3) is 0.188. The number of hydrogen-bond donors (Lipinski definition) is 2. The topological polar surface area (TPSA) is 106 Å². The Bertz CT molecular complexity index is 915. The van der Waals surface area contributed by atoms with Gasteiger partial charge in [-0.1, -0.05) is 6.07 Å². The Balaban J connectivity index is 1.74. The maximum Gasteiger partial charge on any atom is 0.299 e. The zero-order valence-electron chi connectivity index (χ0n) is 13.0. The van der Waals surface area contributed by atoms with Crippen LogP contribution in [0.15, 0.2) is 40.8 Å². The lowest BCUT2D eigenvalue weighted by molar-refractivity contribution is -0.111. The number of nitrogens with zero attached hydrogens (tertiary/aromatic N) is 1. The number of fused-ring (bicyclic) bond motifs is 1. The van der Waals surface area contributed by atoms with Crippen LogP contribution < -0.4 is 14.8 Å². The molecule has 24 heavy (non-hydrogen) atoms. The molecule has 2 heterocycles. The molecule has 2 aromatic rings. The van der Waals surface area contributed by atoms with E-state index in [9.17, 15) is 13.2 Å². The second kappa shape index (κ2) is 6.14. The monoisotopic (exact) mass is 347 g/mol.